The van der Waals surface area contributed by atoms with Crippen LogP contribution in [-0.4, -0.2) is 29.6 Å². The van der Waals surface area contributed by atoms with E-state index in [-0.39, 0.29) is 0 Å². The molecule has 0 aromatic rings. The summed E-state index contributed by atoms with van der Waals surface area (Å²) in [5.74, 6) is 0. The molecule has 0 saturated carbocycles. The lowest BCUT2D eigenvalue weighted by Crippen LogP contribution is -2.15. The van der Waals surface area contributed by atoms with E-state index in [0.717, 1.165) is 6.42 Å². The molecule has 0 aliphatic heterocycles. The third-order valence-corrected chi connectivity index (χ3v) is 0.384. The molecule has 2 nitrogen and oxygen atoms in total. The first kappa shape index (κ1) is 12.4. The number of alkyl halides is 3. The molecule has 0 heterocycles. The Bertz CT molecular complexity index is 60.4. The minimum Gasteiger partial charge on any atom is -0.396 e. The van der Waals surface area contributed by atoms with Crippen LogP contribution in [0.15, 0.2) is 0 Å². The fraction of sp³-hybridized carbons (Fsp3) is 1.00. The highest BCUT2D eigenvalue weighted by Crippen LogP contribution is 2.06. The molecule has 0 atom stereocenters. The van der Waals surface area contributed by atoms with Crippen LogP contribution in [0, 0.1) is 0 Å². The molecular formula is C5H11F3O2. The summed E-state index contributed by atoms with van der Waals surface area (Å²) in [7, 11) is 0. The molecule has 10 heavy (non-hydrogen) atoms. The lowest BCUT2D eigenvalue weighted by atomic mass is 10.5. The fourth-order valence-electron chi connectivity index (χ4n) is 0. The van der Waals surface area contributed by atoms with Gasteiger partial charge in [-0.1, -0.05) is 6.92 Å². The van der Waals surface area contributed by atoms with E-state index < -0.39 is 12.8 Å². The van der Waals surface area contributed by atoms with Gasteiger partial charge in [0.1, 0.15) is 0 Å². The van der Waals surface area contributed by atoms with Gasteiger partial charge in [0.05, 0.1) is 0 Å². The molecule has 0 fully saturated rings. The van der Waals surface area contributed by atoms with E-state index in [1.807, 2.05) is 6.92 Å². The summed E-state index contributed by atoms with van der Waals surface area (Å²) in [6.45, 7) is 0.243. The van der Waals surface area contributed by atoms with Gasteiger partial charge in [0.15, 0.2) is 6.67 Å². The Morgan fingerprint density at radius 2 is 1.60 bits per heavy atom. The van der Waals surface area contributed by atoms with Crippen LogP contribution in [0.5, 0.6) is 0 Å². The molecule has 0 amide bonds. The van der Waals surface area contributed by atoms with Crippen LogP contribution in [0.4, 0.5) is 13.2 Å². The maximum absolute atomic E-state index is 10.6. The largest absolute Gasteiger partial charge is 0.396 e. The molecule has 0 aliphatic carbocycles. The highest BCUT2D eigenvalue weighted by Gasteiger charge is 2.22. The van der Waals surface area contributed by atoms with Crippen molar-refractivity contribution in [3.05, 3.63) is 0 Å². The van der Waals surface area contributed by atoms with E-state index in [2.05, 4.69) is 0 Å². The number of hydrogen-bond donors (Lipinski definition) is 2. The average Bonchev–Trinajstić information content (AvgIpc) is 1.87. The quantitative estimate of drug-likeness (QED) is 0.630. The van der Waals surface area contributed by atoms with Gasteiger partial charge in [-0.2, -0.15) is 8.78 Å². The molecule has 2 N–H and O–H groups in total. The lowest BCUT2D eigenvalue weighted by Gasteiger charge is -1.97. The Morgan fingerprint density at radius 3 is 1.60 bits per heavy atom. The van der Waals surface area contributed by atoms with Crippen LogP contribution in [-0.2, 0) is 0 Å². The van der Waals surface area contributed by atoms with Crippen LogP contribution < -0.4 is 0 Å². The summed E-state index contributed by atoms with van der Waals surface area (Å²) in [5, 5.41) is 15.0. The second-order valence-electron chi connectivity index (χ2n) is 1.52. The van der Waals surface area contributed by atoms with Gasteiger partial charge in [0, 0.05) is 6.61 Å². The molecule has 0 aromatic heterocycles. The van der Waals surface area contributed by atoms with Crippen LogP contribution in [0.3, 0.4) is 0 Å². The summed E-state index contributed by atoms with van der Waals surface area (Å²) in [4.78, 5) is 0. The number of hydrogen-bond acceptors (Lipinski definition) is 2. The van der Waals surface area contributed by atoms with E-state index in [4.69, 9.17) is 10.2 Å². The van der Waals surface area contributed by atoms with Crippen molar-refractivity contribution in [1.82, 2.24) is 0 Å². The third kappa shape index (κ3) is 25.2. The molecule has 64 valence electrons. The first-order chi connectivity index (χ1) is 4.47. The summed E-state index contributed by atoms with van der Waals surface area (Å²) in [6.07, 6.45) is -3.25. The minimum absolute atomic E-state index is 0.319. The van der Waals surface area contributed by atoms with Gasteiger partial charge in [-0.15, -0.1) is 0 Å². The van der Waals surface area contributed by atoms with Crippen molar-refractivity contribution in [1.29, 1.82) is 0 Å². The average molecular weight is 160 g/mol. The Morgan fingerprint density at radius 1 is 1.40 bits per heavy atom. The predicted octanol–water partition coefficient (Wildman–Crippen LogP) is 0.930. The monoisotopic (exact) mass is 160 g/mol. The van der Waals surface area contributed by atoms with E-state index in [1.165, 1.54) is 0 Å². The fourth-order valence-corrected chi connectivity index (χ4v) is 0. The minimum atomic E-state index is -4.12. The number of rotatable bonds is 2. The first-order valence-corrected chi connectivity index (χ1v) is 2.75. The summed E-state index contributed by atoms with van der Waals surface area (Å²) in [6, 6.07) is 0. The molecule has 0 unspecified atom stereocenters. The molecule has 0 aromatic carbocycles. The Labute approximate surface area is 57.3 Å². The molecule has 0 rings (SSSR count). The first-order valence-electron chi connectivity index (χ1n) is 2.75. The van der Waals surface area contributed by atoms with Crippen molar-refractivity contribution >= 4 is 0 Å². The normalized spacial score (nSPS) is 10.2. The summed E-state index contributed by atoms with van der Waals surface area (Å²) < 4.78 is 31.8. The zero-order valence-electron chi connectivity index (χ0n) is 5.65. The van der Waals surface area contributed by atoms with Gasteiger partial charge < -0.3 is 10.2 Å². The van der Waals surface area contributed by atoms with E-state index in [9.17, 15) is 13.2 Å². The number of aliphatic hydroxyl groups excluding tert-OH is 1. The van der Waals surface area contributed by atoms with Gasteiger partial charge in [-0.05, 0) is 6.42 Å². The molecule has 0 spiro atoms. The van der Waals surface area contributed by atoms with Gasteiger partial charge in [0.25, 0.3) is 0 Å². The lowest BCUT2D eigenvalue weighted by molar-refractivity contribution is -0.208. The van der Waals surface area contributed by atoms with Crippen molar-refractivity contribution in [3.63, 3.8) is 0 Å². The summed E-state index contributed by atoms with van der Waals surface area (Å²) in [5.41, 5.74) is 0. The zero-order chi connectivity index (χ0) is 8.62. The highest BCUT2D eigenvalue weighted by molar-refractivity contribution is 4.38. The predicted molar refractivity (Wildman–Crippen MR) is 30.5 cm³/mol. The van der Waals surface area contributed by atoms with Crippen LogP contribution in [0.25, 0.3) is 0 Å². The van der Waals surface area contributed by atoms with Crippen LogP contribution >= 0.6 is 0 Å². The van der Waals surface area contributed by atoms with Crippen LogP contribution in [0.1, 0.15) is 13.3 Å². The maximum Gasteiger partial charge on any atom is 0.381 e. The van der Waals surface area contributed by atoms with Crippen molar-refractivity contribution in [2.75, 3.05) is 13.3 Å². The van der Waals surface area contributed by atoms with E-state index >= 15 is 0 Å². The second-order valence-corrected chi connectivity index (χ2v) is 1.52. The van der Waals surface area contributed by atoms with E-state index in [1.54, 1.807) is 0 Å². The van der Waals surface area contributed by atoms with Crippen molar-refractivity contribution in [2.45, 2.75) is 19.5 Å². The molecule has 5 heteroatoms. The second kappa shape index (κ2) is 6.82. The van der Waals surface area contributed by atoms with Crippen molar-refractivity contribution < 1.29 is 23.4 Å². The molecule has 0 bridgehead atoms. The van der Waals surface area contributed by atoms with Gasteiger partial charge in [-0.25, -0.2) is 4.39 Å². The van der Waals surface area contributed by atoms with Crippen molar-refractivity contribution in [2.24, 2.45) is 0 Å². The van der Waals surface area contributed by atoms with Gasteiger partial charge in [0.2, 0.25) is 0 Å². The Kier molecular flexibility index (Phi) is 8.46. The Hall–Kier alpha value is -0.290. The zero-order valence-corrected chi connectivity index (χ0v) is 5.65. The van der Waals surface area contributed by atoms with Crippen molar-refractivity contribution in [3.8, 4) is 0 Å². The smallest absolute Gasteiger partial charge is 0.381 e. The number of aliphatic hydroxyl groups is 2. The Balaban J connectivity index is 0. The topological polar surface area (TPSA) is 40.5 Å². The molecular weight excluding hydrogens is 149 g/mol. The maximum atomic E-state index is 10.6. The van der Waals surface area contributed by atoms with E-state index in [0.29, 0.717) is 6.61 Å². The summed E-state index contributed by atoms with van der Waals surface area (Å²) >= 11 is 0. The SMILES string of the molecule is CCCO.OC(F)(F)CF. The molecule has 0 aliphatic rings. The number of halogens is 3. The third-order valence-electron chi connectivity index (χ3n) is 0.384. The standard InChI is InChI=1S/C3H8O.C2H3F3O/c1-2-3-4;3-1-2(4,5)6/h4H,2-3H2,1H3;6H,1H2. The van der Waals surface area contributed by atoms with Crippen LogP contribution in [0.2, 0.25) is 0 Å². The molecule has 0 saturated heterocycles. The van der Waals surface area contributed by atoms with Gasteiger partial charge in [-0.3, -0.25) is 0 Å². The molecule has 0 radical (unpaired) electrons. The highest BCUT2D eigenvalue weighted by atomic mass is 19.3. The van der Waals surface area contributed by atoms with Gasteiger partial charge >= 0.3 is 6.11 Å².